The SMILES string of the molecule is COC(=O)c1cc(CN2CC[C@@H](O)C2)oc1C. The number of carbonyl (C=O) groups is 1. The van der Waals surface area contributed by atoms with Crippen LogP contribution >= 0.6 is 0 Å². The second kappa shape index (κ2) is 4.89. The average molecular weight is 239 g/mol. The molecule has 17 heavy (non-hydrogen) atoms. The van der Waals surface area contributed by atoms with Crippen LogP contribution in [0.4, 0.5) is 0 Å². The number of ether oxygens (including phenoxy) is 1. The van der Waals surface area contributed by atoms with Crippen molar-refractivity contribution in [1.29, 1.82) is 0 Å². The topological polar surface area (TPSA) is 62.9 Å². The van der Waals surface area contributed by atoms with Gasteiger partial charge in [0.25, 0.3) is 0 Å². The van der Waals surface area contributed by atoms with E-state index < -0.39 is 0 Å². The van der Waals surface area contributed by atoms with E-state index in [9.17, 15) is 9.90 Å². The molecular formula is C12H17NO4. The molecule has 0 aliphatic carbocycles. The van der Waals surface area contributed by atoms with E-state index in [1.807, 2.05) is 0 Å². The Balaban J connectivity index is 2.05. The van der Waals surface area contributed by atoms with Crippen LogP contribution < -0.4 is 0 Å². The van der Waals surface area contributed by atoms with E-state index in [2.05, 4.69) is 9.64 Å². The summed E-state index contributed by atoms with van der Waals surface area (Å²) >= 11 is 0. The van der Waals surface area contributed by atoms with Crippen LogP contribution in [-0.2, 0) is 11.3 Å². The second-order valence-corrected chi connectivity index (χ2v) is 4.35. The highest BCUT2D eigenvalue weighted by Gasteiger charge is 2.22. The molecule has 1 saturated heterocycles. The summed E-state index contributed by atoms with van der Waals surface area (Å²) < 4.78 is 10.2. The standard InChI is InChI=1S/C12H17NO4/c1-8-11(12(15)16-2)5-10(17-8)7-13-4-3-9(14)6-13/h5,9,14H,3-4,6-7H2,1-2H3/t9-/m1/s1. The molecule has 5 heteroatoms. The van der Waals surface area contributed by atoms with Gasteiger partial charge in [0.15, 0.2) is 0 Å². The Morgan fingerprint density at radius 2 is 2.47 bits per heavy atom. The van der Waals surface area contributed by atoms with Crippen LogP contribution in [-0.4, -0.2) is 42.3 Å². The van der Waals surface area contributed by atoms with E-state index in [4.69, 9.17) is 4.42 Å². The molecule has 1 N–H and O–H groups in total. The average Bonchev–Trinajstić information content (AvgIpc) is 2.85. The number of furan rings is 1. The van der Waals surface area contributed by atoms with Crippen molar-refractivity contribution in [2.24, 2.45) is 0 Å². The number of esters is 1. The molecule has 2 heterocycles. The van der Waals surface area contributed by atoms with Crippen LogP contribution in [0, 0.1) is 6.92 Å². The van der Waals surface area contributed by atoms with Crippen molar-refractivity contribution in [3.8, 4) is 0 Å². The summed E-state index contributed by atoms with van der Waals surface area (Å²) in [5.41, 5.74) is 0.474. The first kappa shape index (κ1) is 12.1. The number of aliphatic hydroxyl groups is 1. The highest BCUT2D eigenvalue weighted by Crippen LogP contribution is 2.19. The second-order valence-electron chi connectivity index (χ2n) is 4.35. The van der Waals surface area contributed by atoms with Gasteiger partial charge in [-0.25, -0.2) is 4.79 Å². The van der Waals surface area contributed by atoms with Crippen LogP contribution in [0.1, 0.15) is 28.3 Å². The molecule has 1 aromatic rings. The number of hydrogen-bond acceptors (Lipinski definition) is 5. The summed E-state index contributed by atoms with van der Waals surface area (Å²) in [5.74, 6) is 0.933. The van der Waals surface area contributed by atoms with Gasteiger partial charge >= 0.3 is 5.97 Å². The summed E-state index contributed by atoms with van der Waals surface area (Å²) in [7, 11) is 1.35. The van der Waals surface area contributed by atoms with Gasteiger partial charge in [-0.1, -0.05) is 0 Å². The maximum atomic E-state index is 11.4. The van der Waals surface area contributed by atoms with Crippen molar-refractivity contribution in [3.05, 3.63) is 23.2 Å². The normalized spacial score (nSPS) is 20.8. The molecule has 1 atom stereocenters. The molecule has 0 amide bonds. The Hall–Kier alpha value is -1.33. The molecular weight excluding hydrogens is 222 g/mol. The third-order valence-electron chi connectivity index (χ3n) is 3.00. The lowest BCUT2D eigenvalue weighted by molar-refractivity contribution is 0.0599. The Kier molecular flexibility index (Phi) is 3.49. The Bertz CT molecular complexity index is 413. The summed E-state index contributed by atoms with van der Waals surface area (Å²) in [6, 6.07) is 1.71. The molecule has 1 aliphatic rings. The van der Waals surface area contributed by atoms with Gasteiger partial charge in [0.05, 0.1) is 19.8 Å². The first-order valence-electron chi connectivity index (χ1n) is 5.68. The minimum absolute atomic E-state index is 0.244. The minimum Gasteiger partial charge on any atom is -0.465 e. The third kappa shape index (κ3) is 2.68. The van der Waals surface area contributed by atoms with Crippen molar-refractivity contribution < 1.29 is 19.1 Å². The molecule has 0 saturated carbocycles. The van der Waals surface area contributed by atoms with Gasteiger partial charge in [-0.2, -0.15) is 0 Å². The molecule has 94 valence electrons. The van der Waals surface area contributed by atoms with Crippen LogP contribution in [0.3, 0.4) is 0 Å². The van der Waals surface area contributed by atoms with E-state index in [1.54, 1.807) is 13.0 Å². The molecule has 0 bridgehead atoms. The lowest BCUT2D eigenvalue weighted by atomic mass is 10.2. The Morgan fingerprint density at radius 3 is 3.06 bits per heavy atom. The fraction of sp³-hybridized carbons (Fsp3) is 0.583. The lowest BCUT2D eigenvalue weighted by Crippen LogP contribution is -2.21. The molecule has 1 aromatic heterocycles. The maximum Gasteiger partial charge on any atom is 0.341 e. The van der Waals surface area contributed by atoms with Crippen molar-refractivity contribution >= 4 is 5.97 Å². The van der Waals surface area contributed by atoms with E-state index in [0.717, 1.165) is 18.7 Å². The van der Waals surface area contributed by atoms with Crippen molar-refractivity contribution in [2.75, 3.05) is 20.2 Å². The zero-order valence-electron chi connectivity index (χ0n) is 10.1. The summed E-state index contributed by atoms with van der Waals surface area (Å²) in [6.07, 6.45) is 0.551. The Morgan fingerprint density at radius 1 is 1.71 bits per heavy atom. The summed E-state index contributed by atoms with van der Waals surface area (Å²) in [4.78, 5) is 13.5. The van der Waals surface area contributed by atoms with Crippen LogP contribution in [0.5, 0.6) is 0 Å². The first-order valence-corrected chi connectivity index (χ1v) is 5.68. The van der Waals surface area contributed by atoms with Crippen molar-refractivity contribution in [2.45, 2.75) is 26.0 Å². The van der Waals surface area contributed by atoms with Crippen LogP contribution in [0.2, 0.25) is 0 Å². The van der Waals surface area contributed by atoms with Gasteiger partial charge < -0.3 is 14.3 Å². The number of aliphatic hydroxyl groups excluding tert-OH is 1. The lowest BCUT2D eigenvalue weighted by Gasteiger charge is -2.12. The van der Waals surface area contributed by atoms with E-state index in [0.29, 0.717) is 24.4 Å². The number of likely N-dealkylation sites (tertiary alicyclic amines) is 1. The fourth-order valence-corrected chi connectivity index (χ4v) is 2.11. The molecule has 1 aliphatic heterocycles. The molecule has 2 rings (SSSR count). The first-order chi connectivity index (χ1) is 8.10. The quantitative estimate of drug-likeness (QED) is 0.795. The van der Waals surface area contributed by atoms with Gasteiger partial charge in [0.1, 0.15) is 17.1 Å². The number of hydrogen-bond donors (Lipinski definition) is 1. The largest absolute Gasteiger partial charge is 0.465 e. The van der Waals surface area contributed by atoms with Gasteiger partial charge in [0.2, 0.25) is 0 Å². The van der Waals surface area contributed by atoms with Gasteiger partial charge in [0, 0.05) is 13.1 Å². The molecule has 1 fully saturated rings. The molecule has 0 radical (unpaired) electrons. The van der Waals surface area contributed by atoms with Crippen molar-refractivity contribution in [1.82, 2.24) is 4.90 Å². The van der Waals surface area contributed by atoms with E-state index >= 15 is 0 Å². The number of aryl methyl sites for hydroxylation is 1. The van der Waals surface area contributed by atoms with E-state index in [-0.39, 0.29) is 12.1 Å². The van der Waals surface area contributed by atoms with Crippen molar-refractivity contribution in [3.63, 3.8) is 0 Å². The smallest absolute Gasteiger partial charge is 0.341 e. The number of nitrogens with zero attached hydrogens (tertiary/aromatic N) is 1. The Labute approximate surface area is 100.0 Å². The van der Waals surface area contributed by atoms with Crippen LogP contribution in [0.25, 0.3) is 0 Å². The fourth-order valence-electron chi connectivity index (χ4n) is 2.11. The highest BCUT2D eigenvalue weighted by molar-refractivity contribution is 5.90. The number of methoxy groups -OCH3 is 1. The molecule has 0 spiro atoms. The predicted molar refractivity (Wildman–Crippen MR) is 60.7 cm³/mol. The molecule has 0 aromatic carbocycles. The predicted octanol–water partition coefficient (Wildman–Crippen LogP) is 0.941. The zero-order chi connectivity index (χ0) is 12.4. The molecule has 5 nitrogen and oxygen atoms in total. The monoisotopic (exact) mass is 239 g/mol. The highest BCUT2D eigenvalue weighted by atomic mass is 16.5. The van der Waals surface area contributed by atoms with Gasteiger partial charge in [-0.05, 0) is 19.4 Å². The number of β-amino-alcohol motifs (C(OH)–C–C–N with tert-alkyl or cyclic N) is 1. The minimum atomic E-state index is -0.376. The maximum absolute atomic E-state index is 11.4. The summed E-state index contributed by atoms with van der Waals surface area (Å²) in [6.45, 7) is 3.88. The zero-order valence-corrected chi connectivity index (χ0v) is 10.1. The van der Waals surface area contributed by atoms with E-state index in [1.165, 1.54) is 7.11 Å². The van der Waals surface area contributed by atoms with Gasteiger partial charge in [-0.15, -0.1) is 0 Å². The molecule has 0 unspecified atom stereocenters. The number of rotatable bonds is 3. The number of carbonyl (C=O) groups excluding carboxylic acids is 1. The van der Waals surface area contributed by atoms with Gasteiger partial charge in [-0.3, -0.25) is 4.90 Å². The summed E-state index contributed by atoms with van der Waals surface area (Å²) in [5, 5.41) is 9.42. The van der Waals surface area contributed by atoms with Crippen LogP contribution in [0.15, 0.2) is 10.5 Å². The third-order valence-corrected chi connectivity index (χ3v) is 3.00.